The van der Waals surface area contributed by atoms with Crippen LogP contribution in [0.4, 0.5) is 17.6 Å². The predicted molar refractivity (Wildman–Crippen MR) is 29.0 cm³/mol. The molecule has 0 aliphatic heterocycles. The fraction of sp³-hybridized carbons (Fsp3) is 0.500. The Hall–Kier alpha value is -0.0600. The highest BCUT2D eigenvalue weighted by Crippen LogP contribution is 2.26. The van der Waals surface area contributed by atoms with Crippen LogP contribution >= 0.6 is 15.9 Å². The summed E-state index contributed by atoms with van der Waals surface area (Å²) in [5, 5.41) is -0.127. The molecule has 5 heteroatoms. The molecule has 54 valence electrons. The van der Waals surface area contributed by atoms with E-state index in [4.69, 9.17) is 0 Å². The fourth-order valence-electron chi connectivity index (χ4n) is 0.183. The Bertz CT molecular complexity index is 114. The maximum Gasteiger partial charge on any atom is 0.442 e. The van der Waals surface area contributed by atoms with Crippen LogP contribution in [-0.4, -0.2) is 11.5 Å². The Labute approximate surface area is 57.7 Å². The van der Waals surface area contributed by atoms with E-state index in [0.717, 1.165) is 0 Å². The topological polar surface area (TPSA) is 0 Å². The zero-order valence-electron chi connectivity index (χ0n) is 4.17. The Balaban J connectivity index is 4.03. The molecule has 0 spiro atoms. The first kappa shape index (κ1) is 8.94. The number of alkyl halides is 4. The van der Waals surface area contributed by atoms with Crippen LogP contribution in [0.2, 0.25) is 0 Å². The van der Waals surface area contributed by atoms with Gasteiger partial charge in [-0.25, -0.2) is 4.39 Å². The van der Waals surface area contributed by atoms with E-state index in [1.54, 1.807) is 0 Å². The molecule has 0 bridgehead atoms. The molecule has 0 atom stereocenters. The van der Waals surface area contributed by atoms with Crippen molar-refractivity contribution in [3.63, 3.8) is 0 Å². The first-order valence-electron chi connectivity index (χ1n) is 1.97. The number of halogens is 5. The van der Waals surface area contributed by atoms with Crippen LogP contribution in [0.15, 0.2) is 11.9 Å². The van der Waals surface area contributed by atoms with Crippen LogP contribution in [0, 0.1) is 0 Å². The second kappa shape index (κ2) is 3.20. The Kier molecular flexibility index (Phi) is 3.17. The molecule has 0 unspecified atom stereocenters. The molecule has 0 aliphatic rings. The van der Waals surface area contributed by atoms with Gasteiger partial charge in [0.05, 0.1) is 0 Å². The maximum absolute atomic E-state index is 11.6. The van der Waals surface area contributed by atoms with Gasteiger partial charge >= 0.3 is 6.18 Å². The van der Waals surface area contributed by atoms with Crippen molar-refractivity contribution in [2.75, 3.05) is 5.33 Å². The molecule has 0 aliphatic carbocycles. The summed E-state index contributed by atoms with van der Waals surface area (Å²) in [5.41, 5.74) is 0. The van der Waals surface area contributed by atoms with Gasteiger partial charge < -0.3 is 0 Å². The summed E-state index contributed by atoms with van der Waals surface area (Å²) in [6, 6.07) is 0. The lowest BCUT2D eigenvalue weighted by molar-refractivity contribution is -0.108. The fourth-order valence-corrected chi connectivity index (χ4v) is 0.468. The molecule has 0 saturated carbocycles. The predicted octanol–water partition coefficient (Wildman–Crippen LogP) is 2.80. The van der Waals surface area contributed by atoms with E-state index < -0.39 is 12.0 Å². The molecule has 0 aromatic rings. The third kappa shape index (κ3) is 3.51. The van der Waals surface area contributed by atoms with Crippen molar-refractivity contribution in [2.45, 2.75) is 6.18 Å². The van der Waals surface area contributed by atoms with E-state index in [9.17, 15) is 17.6 Å². The Morgan fingerprint density at radius 3 is 2.00 bits per heavy atom. The summed E-state index contributed by atoms with van der Waals surface area (Å²) in [4.78, 5) is 0. The van der Waals surface area contributed by atoms with E-state index in [2.05, 4.69) is 15.9 Å². The van der Waals surface area contributed by atoms with Crippen molar-refractivity contribution < 1.29 is 17.6 Å². The second-order valence-corrected chi connectivity index (χ2v) is 1.85. The molecule has 0 nitrogen and oxygen atoms in total. The average Bonchev–Trinajstić information content (AvgIpc) is 1.64. The molecule has 0 heterocycles. The minimum absolute atomic E-state index is 0.127. The molecule has 0 N–H and O–H groups in total. The lowest BCUT2D eigenvalue weighted by Gasteiger charge is -1.99. The summed E-state index contributed by atoms with van der Waals surface area (Å²) in [5.74, 6) is -2.06. The van der Waals surface area contributed by atoms with Crippen molar-refractivity contribution in [2.24, 2.45) is 0 Å². The number of allylic oxidation sites excluding steroid dienone is 2. The van der Waals surface area contributed by atoms with Crippen LogP contribution < -0.4 is 0 Å². The van der Waals surface area contributed by atoms with E-state index in [1.165, 1.54) is 0 Å². The SMILES string of the molecule is F/C(=C\CBr)C(F)(F)F. The summed E-state index contributed by atoms with van der Waals surface area (Å²) >= 11 is 2.63. The van der Waals surface area contributed by atoms with Crippen molar-refractivity contribution in [1.29, 1.82) is 0 Å². The minimum atomic E-state index is -4.83. The standard InChI is InChI=1S/C4H3BrF4/c5-2-1-3(6)4(7,8)9/h1H,2H2/b3-1-. The molecule has 9 heavy (non-hydrogen) atoms. The molecule has 0 fully saturated rings. The Morgan fingerprint density at radius 2 is 1.89 bits per heavy atom. The van der Waals surface area contributed by atoms with E-state index in [1.807, 2.05) is 0 Å². The molecule has 0 rings (SSSR count). The van der Waals surface area contributed by atoms with Gasteiger partial charge in [0.25, 0.3) is 0 Å². The van der Waals surface area contributed by atoms with Crippen LogP contribution in [0.3, 0.4) is 0 Å². The monoisotopic (exact) mass is 206 g/mol. The summed E-state index contributed by atoms with van der Waals surface area (Å²) < 4.78 is 45.1. The normalized spacial score (nSPS) is 14.1. The van der Waals surface area contributed by atoms with Gasteiger partial charge in [-0.3, -0.25) is 0 Å². The molecular formula is C4H3BrF4. The van der Waals surface area contributed by atoms with Gasteiger partial charge in [-0.15, -0.1) is 0 Å². The molecule has 0 amide bonds. The van der Waals surface area contributed by atoms with Crippen molar-refractivity contribution in [1.82, 2.24) is 0 Å². The van der Waals surface area contributed by atoms with Gasteiger partial charge in [-0.05, 0) is 6.08 Å². The van der Waals surface area contributed by atoms with Crippen LogP contribution in [0.25, 0.3) is 0 Å². The van der Waals surface area contributed by atoms with Gasteiger partial charge in [0.2, 0.25) is 5.83 Å². The average molecular weight is 207 g/mol. The van der Waals surface area contributed by atoms with Crippen LogP contribution in [0.5, 0.6) is 0 Å². The summed E-state index contributed by atoms with van der Waals surface area (Å²) in [7, 11) is 0. The van der Waals surface area contributed by atoms with Crippen LogP contribution in [0.1, 0.15) is 0 Å². The third-order valence-corrected chi connectivity index (χ3v) is 0.851. The van der Waals surface area contributed by atoms with Crippen molar-refractivity contribution in [3.05, 3.63) is 11.9 Å². The molecule has 0 saturated heterocycles. The number of hydrogen-bond acceptors (Lipinski definition) is 0. The largest absolute Gasteiger partial charge is 0.442 e. The lowest BCUT2D eigenvalue weighted by atomic mass is 10.5. The molecule has 0 aromatic carbocycles. The van der Waals surface area contributed by atoms with Crippen molar-refractivity contribution >= 4 is 15.9 Å². The van der Waals surface area contributed by atoms with E-state index in [-0.39, 0.29) is 5.33 Å². The number of rotatable bonds is 1. The zero-order chi connectivity index (χ0) is 7.49. The lowest BCUT2D eigenvalue weighted by Crippen LogP contribution is -2.07. The Morgan fingerprint density at radius 1 is 1.44 bits per heavy atom. The summed E-state index contributed by atoms with van der Waals surface area (Å²) in [6.45, 7) is 0. The highest BCUT2D eigenvalue weighted by molar-refractivity contribution is 9.09. The second-order valence-electron chi connectivity index (χ2n) is 1.20. The van der Waals surface area contributed by atoms with E-state index >= 15 is 0 Å². The minimum Gasteiger partial charge on any atom is -0.202 e. The molecular weight excluding hydrogens is 204 g/mol. The highest BCUT2D eigenvalue weighted by Gasteiger charge is 2.33. The van der Waals surface area contributed by atoms with Crippen LogP contribution in [-0.2, 0) is 0 Å². The van der Waals surface area contributed by atoms with Gasteiger partial charge in [0.15, 0.2) is 0 Å². The van der Waals surface area contributed by atoms with Gasteiger partial charge in [-0.2, -0.15) is 13.2 Å². The summed E-state index contributed by atoms with van der Waals surface area (Å²) in [6.07, 6.45) is -4.41. The van der Waals surface area contributed by atoms with Gasteiger partial charge in [0, 0.05) is 5.33 Å². The first-order valence-corrected chi connectivity index (χ1v) is 3.09. The smallest absolute Gasteiger partial charge is 0.202 e. The first-order chi connectivity index (χ1) is 3.98. The quantitative estimate of drug-likeness (QED) is 0.458. The highest BCUT2D eigenvalue weighted by atomic mass is 79.9. The van der Waals surface area contributed by atoms with E-state index in [0.29, 0.717) is 6.08 Å². The third-order valence-electron chi connectivity index (χ3n) is 0.527. The zero-order valence-corrected chi connectivity index (χ0v) is 5.76. The number of hydrogen-bond donors (Lipinski definition) is 0. The molecule has 0 radical (unpaired) electrons. The van der Waals surface area contributed by atoms with Gasteiger partial charge in [-0.1, -0.05) is 15.9 Å². The van der Waals surface area contributed by atoms with Gasteiger partial charge in [0.1, 0.15) is 0 Å². The van der Waals surface area contributed by atoms with Crippen molar-refractivity contribution in [3.8, 4) is 0 Å². The maximum atomic E-state index is 11.6. The molecule has 0 aromatic heterocycles.